The van der Waals surface area contributed by atoms with Crippen molar-refractivity contribution in [3.05, 3.63) is 28.0 Å². The molecule has 0 saturated heterocycles. The van der Waals surface area contributed by atoms with Crippen LogP contribution in [0.3, 0.4) is 0 Å². The molecule has 0 radical (unpaired) electrons. The molecule has 0 aliphatic rings. The molecule has 14 heavy (non-hydrogen) atoms. The molecule has 0 aromatic heterocycles. The molecule has 0 heterocycles. The van der Waals surface area contributed by atoms with Crippen LogP contribution in [0.25, 0.3) is 0 Å². The van der Waals surface area contributed by atoms with E-state index in [0.29, 0.717) is 17.9 Å². The molecule has 2 nitrogen and oxygen atoms in total. The van der Waals surface area contributed by atoms with Crippen LogP contribution in [0, 0.1) is 5.82 Å². The Labute approximate surface area is 91.4 Å². The van der Waals surface area contributed by atoms with Gasteiger partial charge in [0.2, 0.25) is 0 Å². The molecular weight excluding hydrogens is 249 g/mol. The van der Waals surface area contributed by atoms with Gasteiger partial charge in [0, 0.05) is 5.56 Å². The van der Waals surface area contributed by atoms with Crippen LogP contribution >= 0.6 is 15.9 Å². The zero-order valence-electron chi connectivity index (χ0n) is 8.18. The standard InChI is InChI=1S/C10H13BrFNO/c1-6(5-13)9-8(12)4-3-7(11)10(9)14-2/h3-4,6H,5,13H2,1-2H3. The number of halogens is 2. The molecule has 1 aromatic carbocycles. The summed E-state index contributed by atoms with van der Waals surface area (Å²) in [5.74, 6) is 0.202. The normalized spacial score (nSPS) is 12.6. The summed E-state index contributed by atoms with van der Waals surface area (Å²) in [7, 11) is 1.52. The van der Waals surface area contributed by atoms with Crippen molar-refractivity contribution in [1.29, 1.82) is 0 Å². The van der Waals surface area contributed by atoms with Gasteiger partial charge in [-0.15, -0.1) is 0 Å². The van der Waals surface area contributed by atoms with Crippen LogP contribution in [0.4, 0.5) is 4.39 Å². The fourth-order valence-electron chi connectivity index (χ4n) is 1.33. The smallest absolute Gasteiger partial charge is 0.139 e. The molecule has 78 valence electrons. The molecular formula is C10H13BrFNO. The van der Waals surface area contributed by atoms with Gasteiger partial charge in [0.05, 0.1) is 11.6 Å². The molecule has 1 unspecified atom stereocenters. The molecule has 0 fully saturated rings. The Bertz CT molecular complexity index is 330. The first-order valence-corrected chi connectivity index (χ1v) is 5.13. The lowest BCUT2D eigenvalue weighted by molar-refractivity contribution is 0.398. The van der Waals surface area contributed by atoms with E-state index in [1.54, 1.807) is 6.07 Å². The van der Waals surface area contributed by atoms with Crippen molar-refractivity contribution in [3.8, 4) is 5.75 Å². The Balaban J connectivity index is 3.29. The Hall–Kier alpha value is -0.610. The monoisotopic (exact) mass is 261 g/mol. The van der Waals surface area contributed by atoms with E-state index in [1.807, 2.05) is 6.92 Å². The fourth-order valence-corrected chi connectivity index (χ4v) is 1.84. The van der Waals surface area contributed by atoms with Crippen LogP contribution in [0.15, 0.2) is 16.6 Å². The molecule has 0 aliphatic carbocycles. The zero-order chi connectivity index (χ0) is 10.7. The number of hydrogen-bond acceptors (Lipinski definition) is 2. The number of ether oxygens (including phenoxy) is 1. The van der Waals surface area contributed by atoms with Crippen LogP contribution in [0.5, 0.6) is 5.75 Å². The van der Waals surface area contributed by atoms with E-state index in [0.717, 1.165) is 4.47 Å². The van der Waals surface area contributed by atoms with Crippen LogP contribution in [-0.2, 0) is 0 Å². The molecule has 0 saturated carbocycles. The van der Waals surface area contributed by atoms with E-state index in [-0.39, 0.29) is 11.7 Å². The van der Waals surface area contributed by atoms with E-state index in [9.17, 15) is 4.39 Å². The third kappa shape index (κ3) is 2.07. The van der Waals surface area contributed by atoms with Gasteiger partial charge in [-0.1, -0.05) is 6.92 Å². The molecule has 1 atom stereocenters. The van der Waals surface area contributed by atoms with Gasteiger partial charge in [-0.05, 0) is 40.5 Å². The lowest BCUT2D eigenvalue weighted by atomic mass is 10.00. The van der Waals surface area contributed by atoms with Crippen LogP contribution in [-0.4, -0.2) is 13.7 Å². The first kappa shape index (κ1) is 11.5. The van der Waals surface area contributed by atoms with E-state index >= 15 is 0 Å². The topological polar surface area (TPSA) is 35.2 Å². The maximum atomic E-state index is 13.5. The molecule has 1 aromatic rings. The third-order valence-corrected chi connectivity index (χ3v) is 2.77. The van der Waals surface area contributed by atoms with Crippen LogP contribution < -0.4 is 10.5 Å². The molecule has 0 bridgehead atoms. The molecule has 1 rings (SSSR count). The number of benzene rings is 1. The quantitative estimate of drug-likeness (QED) is 0.908. The van der Waals surface area contributed by atoms with Gasteiger partial charge >= 0.3 is 0 Å². The lowest BCUT2D eigenvalue weighted by Crippen LogP contribution is -2.12. The number of nitrogens with two attached hydrogens (primary N) is 1. The molecule has 2 N–H and O–H groups in total. The maximum Gasteiger partial charge on any atom is 0.139 e. The molecule has 0 amide bonds. The van der Waals surface area contributed by atoms with Gasteiger partial charge < -0.3 is 10.5 Å². The maximum absolute atomic E-state index is 13.5. The van der Waals surface area contributed by atoms with Crippen molar-refractivity contribution >= 4 is 15.9 Å². The minimum atomic E-state index is -0.275. The highest BCUT2D eigenvalue weighted by atomic mass is 79.9. The van der Waals surface area contributed by atoms with Crippen molar-refractivity contribution in [2.75, 3.05) is 13.7 Å². The van der Waals surface area contributed by atoms with Crippen LogP contribution in [0.2, 0.25) is 0 Å². The predicted molar refractivity (Wildman–Crippen MR) is 58.1 cm³/mol. The van der Waals surface area contributed by atoms with Gasteiger partial charge in [0.25, 0.3) is 0 Å². The highest BCUT2D eigenvalue weighted by Crippen LogP contribution is 2.35. The van der Waals surface area contributed by atoms with Gasteiger partial charge in [0.1, 0.15) is 11.6 Å². The first-order chi connectivity index (χ1) is 6.61. The number of hydrogen-bond donors (Lipinski definition) is 1. The van der Waals surface area contributed by atoms with Crippen molar-refractivity contribution in [2.45, 2.75) is 12.8 Å². The largest absolute Gasteiger partial charge is 0.495 e. The molecule has 0 aliphatic heterocycles. The Morgan fingerprint density at radius 1 is 1.57 bits per heavy atom. The zero-order valence-corrected chi connectivity index (χ0v) is 9.77. The van der Waals surface area contributed by atoms with Gasteiger partial charge in [-0.2, -0.15) is 0 Å². The summed E-state index contributed by atoms with van der Waals surface area (Å²) in [6, 6.07) is 3.04. The summed E-state index contributed by atoms with van der Waals surface area (Å²) in [5.41, 5.74) is 6.04. The Morgan fingerprint density at radius 2 is 2.21 bits per heavy atom. The second-order valence-corrected chi connectivity index (χ2v) is 3.97. The van der Waals surface area contributed by atoms with Crippen molar-refractivity contribution in [1.82, 2.24) is 0 Å². The highest BCUT2D eigenvalue weighted by Gasteiger charge is 2.17. The number of rotatable bonds is 3. The van der Waals surface area contributed by atoms with E-state index in [1.165, 1.54) is 13.2 Å². The first-order valence-electron chi connectivity index (χ1n) is 4.33. The summed E-state index contributed by atoms with van der Waals surface area (Å²) < 4.78 is 19.4. The van der Waals surface area contributed by atoms with Crippen molar-refractivity contribution in [2.24, 2.45) is 5.73 Å². The van der Waals surface area contributed by atoms with E-state index < -0.39 is 0 Å². The molecule has 0 spiro atoms. The summed E-state index contributed by atoms with van der Waals surface area (Å²) in [6.07, 6.45) is 0. The summed E-state index contributed by atoms with van der Waals surface area (Å²) in [5, 5.41) is 0. The van der Waals surface area contributed by atoms with Crippen LogP contribution in [0.1, 0.15) is 18.4 Å². The van der Waals surface area contributed by atoms with E-state index in [2.05, 4.69) is 15.9 Å². The SMILES string of the molecule is COc1c(Br)ccc(F)c1C(C)CN. The van der Waals surface area contributed by atoms with Gasteiger partial charge in [-0.3, -0.25) is 0 Å². The minimum Gasteiger partial charge on any atom is -0.495 e. The van der Waals surface area contributed by atoms with Crippen molar-refractivity contribution in [3.63, 3.8) is 0 Å². The average molecular weight is 262 g/mol. The summed E-state index contributed by atoms with van der Waals surface area (Å²) in [4.78, 5) is 0. The van der Waals surface area contributed by atoms with E-state index in [4.69, 9.17) is 10.5 Å². The summed E-state index contributed by atoms with van der Waals surface area (Å²) >= 11 is 3.31. The van der Waals surface area contributed by atoms with Gasteiger partial charge in [-0.25, -0.2) is 4.39 Å². The number of methoxy groups -OCH3 is 1. The van der Waals surface area contributed by atoms with Gasteiger partial charge in [0.15, 0.2) is 0 Å². The predicted octanol–water partition coefficient (Wildman–Crippen LogP) is 2.66. The Kier molecular flexibility index (Phi) is 3.89. The molecule has 4 heteroatoms. The van der Waals surface area contributed by atoms with Crippen molar-refractivity contribution < 1.29 is 9.13 Å². The fraction of sp³-hybridized carbons (Fsp3) is 0.400. The lowest BCUT2D eigenvalue weighted by Gasteiger charge is -2.15. The average Bonchev–Trinajstić information content (AvgIpc) is 2.19. The Morgan fingerprint density at radius 3 is 2.71 bits per heavy atom. The third-order valence-electron chi connectivity index (χ3n) is 2.15. The second kappa shape index (κ2) is 4.75. The summed E-state index contributed by atoms with van der Waals surface area (Å²) in [6.45, 7) is 2.26. The second-order valence-electron chi connectivity index (χ2n) is 3.11. The minimum absolute atomic E-state index is 0.0533. The highest BCUT2D eigenvalue weighted by molar-refractivity contribution is 9.10.